The van der Waals surface area contributed by atoms with Crippen molar-refractivity contribution in [1.82, 2.24) is 15.5 Å². The first kappa shape index (κ1) is 13.7. The molecule has 0 radical (unpaired) electrons. The second-order valence-electron chi connectivity index (χ2n) is 5.03. The molecule has 0 aliphatic carbocycles. The Hall–Kier alpha value is -1.30. The molecule has 5 nitrogen and oxygen atoms in total. The third-order valence-corrected chi connectivity index (χ3v) is 4.49. The zero-order chi connectivity index (χ0) is 14.3. The van der Waals surface area contributed by atoms with Gasteiger partial charge in [-0.2, -0.15) is 0 Å². The topological polar surface area (TPSA) is 61.4 Å². The van der Waals surface area contributed by atoms with Crippen molar-refractivity contribution in [1.29, 1.82) is 0 Å². The molecule has 1 atom stereocenters. The SMILES string of the molecule is O=C1NC2(CCNC2)C(=O)N1Cc1c(Cl)cccc1Cl. The molecule has 2 heterocycles. The number of hydrogen-bond acceptors (Lipinski definition) is 3. The summed E-state index contributed by atoms with van der Waals surface area (Å²) < 4.78 is 0. The zero-order valence-corrected chi connectivity index (χ0v) is 12.1. The van der Waals surface area contributed by atoms with Crippen molar-refractivity contribution in [2.45, 2.75) is 18.5 Å². The van der Waals surface area contributed by atoms with Gasteiger partial charge in [-0.1, -0.05) is 29.3 Å². The number of nitrogens with one attached hydrogen (secondary N) is 2. The lowest BCUT2D eigenvalue weighted by atomic mass is 9.99. The van der Waals surface area contributed by atoms with Gasteiger partial charge in [0, 0.05) is 22.2 Å². The number of rotatable bonds is 2. The van der Waals surface area contributed by atoms with Crippen molar-refractivity contribution in [2.75, 3.05) is 13.1 Å². The molecule has 2 fully saturated rings. The van der Waals surface area contributed by atoms with Crippen molar-refractivity contribution in [3.63, 3.8) is 0 Å². The first-order valence-corrected chi connectivity index (χ1v) is 7.07. The van der Waals surface area contributed by atoms with E-state index in [1.807, 2.05) is 0 Å². The Kier molecular flexibility index (Phi) is 3.36. The number of carbonyl (C=O) groups excluding carboxylic acids is 2. The summed E-state index contributed by atoms with van der Waals surface area (Å²) in [6.07, 6.45) is 0.602. The van der Waals surface area contributed by atoms with Crippen molar-refractivity contribution in [3.8, 4) is 0 Å². The van der Waals surface area contributed by atoms with E-state index in [9.17, 15) is 9.59 Å². The van der Waals surface area contributed by atoms with E-state index in [1.165, 1.54) is 4.90 Å². The first-order chi connectivity index (χ1) is 9.53. The van der Waals surface area contributed by atoms with Gasteiger partial charge >= 0.3 is 6.03 Å². The van der Waals surface area contributed by atoms with Crippen molar-refractivity contribution in [2.24, 2.45) is 0 Å². The van der Waals surface area contributed by atoms with E-state index in [0.717, 1.165) is 0 Å². The molecule has 3 rings (SSSR count). The van der Waals surface area contributed by atoms with Gasteiger partial charge in [-0.25, -0.2) is 4.79 Å². The van der Waals surface area contributed by atoms with Gasteiger partial charge in [-0.05, 0) is 25.1 Å². The van der Waals surface area contributed by atoms with Crippen LogP contribution in [0.25, 0.3) is 0 Å². The number of halogens is 2. The van der Waals surface area contributed by atoms with Crippen LogP contribution in [-0.4, -0.2) is 35.5 Å². The van der Waals surface area contributed by atoms with E-state index in [1.54, 1.807) is 18.2 Å². The molecular formula is C13H13Cl2N3O2. The summed E-state index contributed by atoms with van der Waals surface area (Å²) in [6.45, 7) is 1.27. The Morgan fingerprint density at radius 3 is 2.55 bits per heavy atom. The van der Waals surface area contributed by atoms with Crippen LogP contribution in [0.1, 0.15) is 12.0 Å². The maximum absolute atomic E-state index is 12.5. The standard InChI is InChI=1S/C13H13Cl2N3O2/c14-9-2-1-3-10(15)8(9)6-18-11(19)13(17-12(18)20)4-5-16-7-13/h1-3,16H,4-7H2,(H,17,20). The quantitative estimate of drug-likeness (QED) is 0.818. The summed E-state index contributed by atoms with van der Waals surface area (Å²) >= 11 is 12.2. The highest BCUT2D eigenvalue weighted by molar-refractivity contribution is 6.36. The summed E-state index contributed by atoms with van der Waals surface area (Å²) in [5.41, 5.74) is -0.215. The maximum Gasteiger partial charge on any atom is 0.325 e. The Bertz CT molecular complexity index is 565. The molecule has 2 aliphatic heterocycles. The van der Waals surface area contributed by atoms with Gasteiger partial charge in [-0.3, -0.25) is 9.69 Å². The minimum Gasteiger partial charge on any atom is -0.322 e. The van der Waals surface area contributed by atoms with Crippen LogP contribution in [0.3, 0.4) is 0 Å². The molecule has 2 aliphatic rings. The predicted octanol–water partition coefficient (Wildman–Crippen LogP) is 1.78. The molecule has 0 saturated carbocycles. The maximum atomic E-state index is 12.5. The number of nitrogens with zero attached hydrogens (tertiary/aromatic N) is 1. The van der Waals surface area contributed by atoms with Gasteiger partial charge in [-0.15, -0.1) is 0 Å². The van der Waals surface area contributed by atoms with Crippen molar-refractivity contribution in [3.05, 3.63) is 33.8 Å². The fourth-order valence-electron chi connectivity index (χ4n) is 2.64. The van der Waals surface area contributed by atoms with Crippen LogP contribution in [0.4, 0.5) is 4.79 Å². The lowest BCUT2D eigenvalue weighted by molar-refractivity contribution is -0.131. The molecule has 106 valence electrons. The summed E-state index contributed by atoms with van der Waals surface area (Å²) in [4.78, 5) is 25.7. The predicted molar refractivity (Wildman–Crippen MR) is 75.8 cm³/mol. The van der Waals surface area contributed by atoms with E-state index in [0.29, 0.717) is 35.1 Å². The number of benzene rings is 1. The van der Waals surface area contributed by atoms with E-state index in [-0.39, 0.29) is 12.5 Å². The molecule has 1 spiro atoms. The van der Waals surface area contributed by atoms with Crippen LogP contribution < -0.4 is 10.6 Å². The zero-order valence-electron chi connectivity index (χ0n) is 10.6. The summed E-state index contributed by atoms with van der Waals surface area (Å²) in [5.74, 6) is -0.219. The molecule has 0 bridgehead atoms. The molecule has 2 saturated heterocycles. The lowest BCUT2D eigenvalue weighted by Gasteiger charge is -2.19. The number of urea groups is 1. The summed E-state index contributed by atoms with van der Waals surface area (Å²) in [6, 6.07) is 4.71. The molecular weight excluding hydrogens is 301 g/mol. The van der Waals surface area contributed by atoms with Gasteiger partial charge < -0.3 is 10.6 Å². The largest absolute Gasteiger partial charge is 0.325 e. The average molecular weight is 314 g/mol. The minimum absolute atomic E-state index is 0.0882. The van der Waals surface area contributed by atoms with E-state index >= 15 is 0 Å². The Morgan fingerprint density at radius 1 is 1.25 bits per heavy atom. The van der Waals surface area contributed by atoms with Gasteiger partial charge in [0.1, 0.15) is 5.54 Å². The van der Waals surface area contributed by atoms with E-state index in [2.05, 4.69) is 10.6 Å². The highest BCUT2D eigenvalue weighted by atomic mass is 35.5. The lowest BCUT2D eigenvalue weighted by Crippen LogP contribution is -2.48. The van der Waals surface area contributed by atoms with Gasteiger partial charge in [0.25, 0.3) is 5.91 Å². The third kappa shape index (κ3) is 2.06. The molecule has 0 aromatic heterocycles. The van der Waals surface area contributed by atoms with Crippen LogP contribution >= 0.6 is 23.2 Å². The number of hydrogen-bond donors (Lipinski definition) is 2. The summed E-state index contributed by atoms with van der Waals surface area (Å²) in [7, 11) is 0. The molecule has 2 N–H and O–H groups in total. The van der Waals surface area contributed by atoms with Crippen LogP contribution in [0.2, 0.25) is 10.0 Å². The average Bonchev–Trinajstić information content (AvgIpc) is 2.95. The van der Waals surface area contributed by atoms with Crippen LogP contribution in [0, 0.1) is 0 Å². The second-order valence-corrected chi connectivity index (χ2v) is 5.84. The molecule has 7 heteroatoms. The highest BCUT2D eigenvalue weighted by Gasteiger charge is 2.52. The van der Waals surface area contributed by atoms with Crippen LogP contribution in [0.15, 0.2) is 18.2 Å². The fraction of sp³-hybridized carbons (Fsp3) is 0.385. The Labute approximate surface area is 126 Å². The summed E-state index contributed by atoms with van der Waals surface area (Å²) in [5, 5.41) is 6.77. The minimum atomic E-state index is -0.801. The molecule has 3 amide bonds. The Morgan fingerprint density at radius 2 is 1.95 bits per heavy atom. The monoisotopic (exact) mass is 313 g/mol. The van der Waals surface area contributed by atoms with Crippen molar-refractivity contribution >= 4 is 35.1 Å². The molecule has 20 heavy (non-hydrogen) atoms. The van der Waals surface area contributed by atoms with E-state index < -0.39 is 11.6 Å². The number of imide groups is 1. The van der Waals surface area contributed by atoms with Crippen LogP contribution in [0.5, 0.6) is 0 Å². The smallest absolute Gasteiger partial charge is 0.322 e. The van der Waals surface area contributed by atoms with Crippen LogP contribution in [-0.2, 0) is 11.3 Å². The molecule has 1 unspecified atom stereocenters. The number of amides is 3. The van der Waals surface area contributed by atoms with E-state index in [4.69, 9.17) is 23.2 Å². The van der Waals surface area contributed by atoms with Gasteiger partial charge in [0.05, 0.1) is 6.54 Å². The molecule has 1 aromatic carbocycles. The first-order valence-electron chi connectivity index (χ1n) is 6.31. The van der Waals surface area contributed by atoms with Gasteiger partial charge in [0.2, 0.25) is 0 Å². The third-order valence-electron chi connectivity index (χ3n) is 3.78. The molecule has 1 aromatic rings. The van der Waals surface area contributed by atoms with Gasteiger partial charge in [0.15, 0.2) is 0 Å². The second kappa shape index (κ2) is 4.91. The fourth-order valence-corrected chi connectivity index (χ4v) is 3.16. The Balaban J connectivity index is 1.88. The normalized spacial score (nSPS) is 25.6. The number of carbonyl (C=O) groups is 2. The van der Waals surface area contributed by atoms with Crippen molar-refractivity contribution < 1.29 is 9.59 Å². The highest BCUT2D eigenvalue weighted by Crippen LogP contribution is 2.30.